The number of amides is 1. The van der Waals surface area contributed by atoms with Gasteiger partial charge in [0.25, 0.3) is 0 Å². The topological polar surface area (TPSA) is 85.8 Å². The first-order valence-electron chi connectivity index (χ1n) is 7.39. The number of nitrogens with two attached hydrogens (primary N) is 1. The molecule has 0 saturated carbocycles. The highest BCUT2D eigenvalue weighted by Gasteiger charge is 2.14. The number of rotatable bonds is 7. The van der Waals surface area contributed by atoms with Crippen molar-refractivity contribution in [3.63, 3.8) is 0 Å². The molecule has 2 rings (SSSR count). The van der Waals surface area contributed by atoms with Crippen molar-refractivity contribution in [3.05, 3.63) is 30.1 Å². The number of hydrogen-bond donors (Lipinski definition) is 2. The highest BCUT2D eigenvalue weighted by molar-refractivity contribution is 7.99. The molecule has 124 valence electrons. The number of aromatic nitrogens is 3. The van der Waals surface area contributed by atoms with Crippen molar-refractivity contribution in [1.29, 1.82) is 0 Å². The number of carbonyl (C=O) groups excluding carboxylic acids is 1. The molecular weight excluding hydrogens is 317 g/mol. The van der Waals surface area contributed by atoms with Crippen LogP contribution in [-0.2, 0) is 4.79 Å². The lowest BCUT2D eigenvalue weighted by atomic mass is 10.2. The van der Waals surface area contributed by atoms with Gasteiger partial charge in [-0.15, -0.1) is 10.2 Å². The first-order chi connectivity index (χ1) is 11.0. The Labute approximate surface area is 138 Å². The third-order valence-electron chi connectivity index (χ3n) is 3.23. The van der Waals surface area contributed by atoms with Gasteiger partial charge >= 0.3 is 0 Å². The molecule has 1 aromatic heterocycles. The fourth-order valence-electron chi connectivity index (χ4n) is 2.12. The van der Waals surface area contributed by atoms with E-state index in [1.165, 1.54) is 28.6 Å². The van der Waals surface area contributed by atoms with Crippen molar-refractivity contribution in [2.24, 2.45) is 0 Å². The van der Waals surface area contributed by atoms with Crippen LogP contribution in [0.3, 0.4) is 0 Å². The normalized spacial score (nSPS) is 12.1. The lowest BCUT2D eigenvalue weighted by Gasteiger charge is -2.12. The summed E-state index contributed by atoms with van der Waals surface area (Å²) in [5.41, 5.74) is 0.661. The highest BCUT2D eigenvalue weighted by atomic mass is 32.2. The Hall–Kier alpha value is -2.09. The minimum atomic E-state index is -0.329. The van der Waals surface area contributed by atoms with Crippen LogP contribution in [0.4, 0.5) is 4.39 Å². The van der Waals surface area contributed by atoms with Crippen LogP contribution in [0.25, 0.3) is 11.4 Å². The van der Waals surface area contributed by atoms with Gasteiger partial charge in [0.1, 0.15) is 5.82 Å². The summed E-state index contributed by atoms with van der Waals surface area (Å²) in [5.74, 6) is 6.20. The lowest BCUT2D eigenvalue weighted by Crippen LogP contribution is -2.33. The molecule has 0 aliphatic rings. The Morgan fingerprint density at radius 1 is 1.39 bits per heavy atom. The second-order valence-electron chi connectivity index (χ2n) is 5.23. The standard InChI is InChI=1S/C15H20FN5OS/c1-3-4-10(2)18-13(22)9-23-15-20-19-14(21(15)17)11-5-7-12(16)8-6-11/h5-8,10H,3-4,9,17H2,1-2H3,(H,18,22)/t10-/m1/s1. The van der Waals surface area contributed by atoms with Crippen molar-refractivity contribution in [3.8, 4) is 11.4 Å². The van der Waals surface area contributed by atoms with Crippen LogP contribution in [-0.4, -0.2) is 32.6 Å². The van der Waals surface area contributed by atoms with Gasteiger partial charge in [-0.1, -0.05) is 25.1 Å². The quantitative estimate of drug-likeness (QED) is 0.597. The van der Waals surface area contributed by atoms with Crippen molar-refractivity contribution in [1.82, 2.24) is 20.2 Å². The van der Waals surface area contributed by atoms with Crippen molar-refractivity contribution >= 4 is 17.7 Å². The summed E-state index contributed by atoms with van der Waals surface area (Å²) in [6.07, 6.45) is 1.96. The SMILES string of the molecule is CCC[C@@H](C)NC(=O)CSc1nnc(-c2ccc(F)cc2)n1N. The number of nitrogens with zero attached hydrogens (tertiary/aromatic N) is 3. The minimum absolute atomic E-state index is 0.0673. The Morgan fingerprint density at radius 3 is 2.74 bits per heavy atom. The van der Waals surface area contributed by atoms with Gasteiger partial charge in [-0.3, -0.25) is 4.79 Å². The maximum Gasteiger partial charge on any atom is 0.230 e. The van der Waals surface area contributed by atoms with Crippen molar-refractivity contribution in [2.75, 3.05) is 11.6 Å². The van der Waals surface area contributed by atoms with Crippen LogP contribution < -0.4 is 11.2 Å². The smallest absolute Gasteiger partial charge is 0.230 e. The summed E-state index contributed by atoms with van der Waals surface area (Å²) < 4.78 is 14.3. The molecule has 6 nitrogen and oxygen atoms in total. The molecule has 3 N–H and O–H groups in total. The maximum absolute atomic E-state index is 13.0. The maximum atomic E-state index is 13.0. The van der Waals surface area contributed by atoms with E-state index in [1.54, 1.807) is 12.1 Å². The average Bonchev–Trinajstić information content (AvgIpc) is 2.87. The molecule has 1 amide bonds. The van der Waals surface area contributed by atoms with Gasteiger partial charge in [-0.05, 0) is 37.6 Å². The van der Waals surface area contributed by atoms with E-state index in [0.29, 0.717) is 16.5 Å². The van der Waals surface area contributed by atoms with Crippen LogP contribution in [0.1, 0.15) is 26.7 Å². The summed E-state index contributed by atoms with van der Waals surface area (Å²) in [5, 5.41) is 11.3. The molecule has 0 unspecified atom stereocenters. The molecule has 8 heteroatoms. The van der Waals surface area contributed by atoms with E-state index >= 15 is 0 Å². The summed E-state index contributed by atoms with van der Waals surface area (Å²) in [6.45, 7) is 4.05. The number of hydrogen-bond acceptors (Lipinski definition) is 5. The summed E-state index contributed by atoms with van der Waals surface area (Å²) in [6, 6.07) is 5.98. The van der Waals surface area contributed by atoms with Crippen molar-refractivity contribution in [2.45, 2.75) is 37.9 Å². The van der Waals surface area contributed by atoms with Crippen LogP contribution in [0.2, 0.25) is 0 Å². The number of nitrogens with one attached hydrogen (secondary N) is 1. The fraction of sp³-hybridized carbons (Fsp3) is 0.400. The van der Waals surface area contributed by atoms with Gasteiger partial charge < -0.3 is 11.2 Å². The fourth-order valence-corrected chi connectivity index (χ4v) is 2.79. The Kier molecular flexibility index (Phi) is 5.97. The zero-order valence-corrected chi connectivity index (χ0v) is 13.9. The number of thioether (sulfide) groups is 1. The summed E-state index contributed by atoms with van der Waals surface area (Å²) >= 11 is 1.21. The van der Waals surface area contributed by atoms with Crippen LogP contribution in [0.15, 0.2) is 29.4 Å². The van der Waals surface area contributed by atoms with Gasteiger partial charge in [0.2, 0.25) is 11.1 Å². The van der Waals surface area contributed by atoms with E-state index in [4.69, 9.17) is 5.84 Å². The predicted octanol–water partition coefficient (Wildman–Crippen LogP) is 2.19. The van der Waals surface area contributed by atoms with Crippen LogP contribution >= 0.6 is 11.8 Å². The molecule has 23 heavy (non-hydrogen) atoms. The van der Waals surface area contributed by atoms with E-state index in [-0.39, 0.29) is 23.5 Å². The van der Waals surface area contributed by atoms with Gasteiger partial charge in [0.05, 0.1) is 5.75 Å². The van der Waals surface area contributed by atoms with Gasteiger partial charge in [-0.25, -0.2) is 9.07 Å². The predicted molar refractivity (Wildman–Crippen MR) is 88.8 cm³/mol. The zero-order valence-electron chi connectivity index (χ0n) is 13.1. The first-order valence-corrected chi connectivity index (χ1v) is 8.38. The molecule has 0 radical (unpaired) electrons. The number of benzene rings is 1. The average molecular weight is 337 g/mol. The first kappa shape index (κ1) is 17.3. The third kappa shape index (κ3) is 4.69. The molecule has 1 heterocycles. The molecular formula is C15H20FN5OS. The van der Waals surface area contributed by atoms with Crippen molar-refractivity contribution < 1.29 is 9.18 Å². The Balaban J connectivity index is 1.97. The third-order valence-corrected chi connectivity index (χ3v) is 4.17. The van der Waals surface area contributed by atoms with Crippen LogP contribution in [0, 0.1) is 5.82 Å². The number of carbonyl (C=O) groups is 1. The van der Waals surface area contributed by atoms with E-state index in [9.17, 15) is 9.18 Å². The zero-order chi connectivity index (χ0) is 16.8. The largest absolute Gasteiger partial charge is 0.353 e. The second-order valence-corrected chi connectivity index (χ2v) is 6.17. The molecule has 0 bridgehead atoms. The Bertz CT molecular complexity index is 658. The molecule has 0 saturated heterocycles. The summed E-state index contributed by atoms with van der Waals surface area (Å²) in [7, 11) is 0. The minimum Gasteiger partial charge on any atom is -0.353 e. The van der Waals surface area contributed by atoms with Crippen LogP contribution in [0.5, 0.6) is 0 Å². The summed E-state index contributed by atoms with van der Waals surface area (Å²) in [4.78, 5) is 11.9. The van der Waals surface area contributed by atoms with E-state index in [1.807, 2.05) is 6.92 Å². The number of nitrogen functional groups attached to an aromatic ring is 1. The van der Waals surface area contributed by atoms with Gasteiger partial charge in [0.15, 0.2) is 5.82 Å². The molecule has 0 fully saturated rings. The van der Waals surface area contributed by atoms with Gasteiger partial charge in [-0.2, -0.15) is 0 Å². The molecule has 0 aliphatic heterocycles. The van der Waals surface area contributed by atoms with E-state index < -0.39 is 0 Å². The lowest BCUT2D eigenvalue weighted by molar-refractivity contribution is -0.119. The number of halogens is 1. The molecule has 0 spiro atoms. The monoisotopic (exact) mass is 337 g/mol. The van der Waals surface area contributed by atoms with Gasteiger partial charge in [0, 0.05) is 11.6 Å². The van der Waals surface area contributed by atoms with E-state index in [2.05, 4.69) is 22.4 Å². The molecule has 2 aromatic rings. The highest BCUT2D eigenvalue weighted by Crippen LogP contribution is 2.21. The van der Waals surface area contributed by atoms with E-state index in [0.717, 1.165) is 12.8 Å². The molecule has 1 aromatic carbocycles. The molecule has 0 aliphatic carbocycles. The Morgan fingerprint density at radius 2 is 2.09 bits per heavy atom. The molecule has 1 atom stereocenters. The second kappa shape index (κ2) is 7.96.